The Balaban J connectivity index is 1.68. The quantitative estimate of drug-likeness (QED) is 0.762. The molecule has 5 heteroatoms. The van der Waals surface area contributed by atoms with Crippen LogP contribution in [0.4, 0.5) is 0 Å². The van der Waals surface area contributed by atoms with Crippen molar-refractivity contribution in [1.29, 1.82) is 0 Å². The van der Waals surface area contributed by atoms with Crippen molar-refractivity contribution < 1.29 is 4.79 Å². The van der Waals surface area contributed by atoms with E-state index in [-0.39, 0.29) is 11.4 Å². The summed E-state index contributed by atoms with van der Waals surface area (Å²) in [5.41, 5.74) is 6.75. The first-order chi connectivity index (χ1) is 7.60. The van der Waals surface area contributed by atoms with Crippen LogP contribution in [0.3, 0.4) is 0 Å². The first-order valence-electron chi connectivity index (χ1n) is 5.66. The molecule has 1 aromatic heterocycles. The topological polar surface area (TPSA) is 64.2 Å². The van der Waals surface area contributed by atoms with Crippen LogP contribution < -0.4 is 5.73 Å². The third-order valence-corrected chi connectivity index (χ3v) is 3.69. The molecule has 1 aliphatic heterocycles. The highest BCUT2D eigenvalue weighted by Gasteiger charge is 2.51. The maximum atomic E-state index is 12.0. The van der Waals surface area contributed by atoms with Crippen molar-refractivity contribution in [1.82, 2.24) is 14.7 Å². The molecule has 0 aromatic carbocycles. The molecule has 0 unspecified atom stereocenters. The Morgan fingerprint density at radius 2 is 2.25 bits per heavy atom. The minimum absolute atomic E-state index is 0.0433. The number of carbonyl (C=O) groups is 1. The third-order valence-electron chi connectivity index (χ3n) is 3.69. The number of likely N-dealkylation sites (tertiary alicyclic amines) is 1. The Hall–Kier alpha value is -1.36. The van der Waals surface area contributed by atoms with Crippen molar-refractivity contribution in [2.75, 3.05) is 13.1 Å². The van der Waals surface area contributed by atoms with Gasteiger partial charge in [0.25, 0.3) is 5.91 Å². The van der Waals surface area contributed by atoms with Gasteiger partial charge in [0.1, 0.15) is 5.69 Å². The van der Waals surface area contributed by atoms with Gasteiger partial charge in [-0.2, -0.15) is 5.10 Å². The number of rotatable bonds is 2. The average Bonchev–Trinajstić information content (AvgIpc) is 2.97. The average molecular weight is 220 g/mol. The van der Waals surface area contributed by atoms with E-state index < -0.39 is 0 Å². The Morgan fingerprint density at radius 1 is 1.56 bits per heavy atom. The summed E-state index contributed by atoms with van der Waals surface area (Å²) in [6.45, 7) is 1.39. The van der Waals surface area contributed by atoms with Crippen LogP contribution in [0.15, 0.2) is 12.3 Å². The maximum Gasteiger partial charge on any atom is 0.272 e. The Bertz CT molecular complexity index is 429. The summed E-state index contributed by atoms with van der Waals surface area (Å²) >= 11 is 0. The van der Waals surface area contributed by atoms with Crippen molar-refractivity contribution in [3.63, 3.8) is 0 Å². The molecule has 1 aromatic rings. The van der Waals surface area contributed by atoms with Crippen LogP contribution >= 0.6 is 0 Å². The number of hydrogen-bond acceptors (Lipinski definition) is 3. The van der Waals surface area contributed by atoms with Crippen LogP contribution in [0.1, 0.15) is 23.3 Å². The lowest BCUT2D eigenvalue weighted by Gasteiger charge is -2.48. The van der Waals surface area contributed by atoms with Gasteiger partial charge in [0.05, 0.1) is 5.54 Å². The van der Waals surface area contributed by atoms with Gasteiger partial charge in [0.15, 0.2) is 0 Å². The van der Waals surface area contributed by atoms with E-state index in [0.29, 0.717) is 24.7 Å². The van der Waals surface area contributed by atoms with Crippen LogP contribution in [0.2, 0.25) is 0 Å². The van der Waals surface area contributed by atoms with Gasteiger partial charge in [-0.25, -0.2) is 0 Å². The van der Waals surface area contributed by atoms with Crippen LogP contribution in [0.25, 0.3) is 0 Å². The lowest BCUT2D eigenvalue weighted by Crippen LogP contribution is -2.70. The van der Waals surface area contributed by atoms with Gasteiger partial charge < -0.3 is 10.6 Å². The number of nitrogens with zero attached hydrogens (tertiary/aromatic N) is 3. The van der Waals surface area contributed by atoms with Crippen molar-refractivity contribution in [2.45, 2.75) is 18.4 Å². The van der Waals surface area contributed by atoms with Crippen molar-refractivity contribution in [2.24, 2.45) is 18.7 Å². The number of amides is 1. The highest BCUT2D eigenvalue weighted by molar-refractivity contribution is 5.93. The molecule has 5 nitrogen and oxygen atoms in total. The first-order valence-corrected chi connectivity index (χ1v) is 5.66. The molecule has 0 radical (unpaired) electrons. The summed E-state index contributed by atoms with van der Waals surface area (Å²) in [4.78, 5) is 13.9. The van der Waals surface area contributed by atoms with Gasteiger partial charge >= 0.3 is 0 Å². The standard InChI is InChI=1S/C11H16N4O/c1-14-9(4-5-13-14)10(16)15-6-11(12,7-15)8-2-3-8/h4-5,8H,2-3,6-7,12H2,1H3. The van der Waals surface area contributed by atoms with E-state index in [4.69, 9.17) is 5.73 Å². The molecule has 0 atom stereocenters. The molecule has 16 heavy (non-hydrogen) atoms. The van der Waals surface area contributed by atoms with Crippen LogP contribution in [-0.2, 0) is 7.05 Å². The predicted octanol–water partition coefficient (Wildman–Crippen LogP) is -0.0166. The fourth-order valence-corrected chi connectivity index (χ4v) is 2.47. The molecule has 0 bridgehead atoms. The lowest BCUT2D eigenvalue weighted by atomic mass is 9.85. The predicted molar refractivity (Wildman–Crippen MR) is 58.8 cm³/mol. The maximum absolute atomic E-state index is 12.0. The monoisotopic (exact) mass is 220 g/mol. The third kappa shape index (κ3) is 1.35. The first kappa shape index (κ1) is 9.84. The second-order valence-electron chi connectivity index (χ2n) is 5.01. The molecule has 3 rings (SSSR count). The van der Waals surface area contributed by atoms with Gasteiger partial charge in [-0.05, 0) is 24.8 Å². The molecule has 2 aliphatic rings. The zero-order chi connectivity index (χ0) is 11.3. The lowest BCUT2D eigenvalue weighted by molar-refractivity contribution is 0.0340. The number of carbonyl (C=O) groups excluding carboxylic acids is 1. The minimum Gasteiger partial charge on any atom is -0.333 e. The van der Waals surface area contributed by atoms with Crippen molar-refractivity contribution >= 4 is 5.91 Å². The zero-order valence-corrected chi connectivity index (χ0v) is 9.39. The fraction of sp³-hybridized carbons (Fsp3) is 0.636. The van der Waals surface area contributed by atoms with Crippen molar-refractivity contribution in [3.05, 3.63) is 18.0 Å². The summed E-state index contributed by atoms with van der Waals surface area (Å²) in [6.07, 6.45) is 4.10. The molecule has 2 N–H and O–H groups in total. The fourth-order valence-electron chi connectivity index (χ4n) is 2.47. The molecule has 1 aliphatic carbocycles. The van der Waals surface area contributed by atoms with E-state index in [0.717, 1.165) is 0 Å². The normalized spacial score (nSPS) is 23.0. The molecule has 2 heterocycles. The molecule has 1 amide bonds. The van der Waals surface area contributed by atoms with Crippen LogP contribution in [-0.4, -0.2) is 39.2 Å². The number of aryl methyl sites for hydroxylation is 1. The summed E-state index contributed by atoms with van der Waals surface area (Å²) in [7, 11) is 1.78. The van der Waals surface area contributed by atoms with Crippen LogP contribution in [0.5, 0.6) is 0 Å². The van der Waals surface area contributed by atoms with E-state index in [1.807, 2.05) is 4.90 Å². The summed E-state index contributed by atoms with van der Waals surface area (Å²) in [5, 5.41) is 4.00. The SMILES string of the molecule is Cn1nccc1C(=O)N1CC(N)(C2CC2)C1. The second kappa shape index (κ2) is 3.07. The van der Waals surface area contributed by atoms with Gasteiger partial charge in [-0.3, -0.25) is 9.48 Å². The summed E-state index contributed by atoms with van der Waals surface area (Å²) in [5.74, 6) is 0.685. The van der Waals surface area contributed by atoms with Gasteiger partial charge in [-0.1, -0.05) is 0 Å². The van der Waals surface area contributed by atoms with E-state index in [9.17, 15) is 4.79 Å². The summed E-state index contributed by atoms with van der Waals surface area (Å²) < 4.78 is 1.61. The highest BCUT2D eigenvalue weighted by atomic mass is 16.2. The van der Waals surface area contributed by atoms with E-state index >= 15 is 0 Å². The van der Waals surface area contributed by atoms with E-state index in [2.05, 4.69) is 5.10 Å². The minimum atomic E-state index is -0.103. The highest BCUT2D eigenvalue weighted by Crippen LogP contribution is 2.43. The van der Waals surface area contributed by atoms with Crippen LogP contribution in [0, 0.1) is 5.92 Å². The largest absolute Gasteiger partial charge is 0.333 e. The van der Waals surface area contributed by atoms with E-state index in [1.165, 1.54) is 12.8 Å². The zero-order valence-electron chi connectivity index (χ0n) is 9.39. The second-order valence-corrected chi connectivity index (χ2v) is 5.01. The molecule has 2 fully saturated rings. The van der Waals surface area contributed by atoms with E-state index in [1.54, 1.807) is 24.0 Å². The number of hydrogen-bond donors (Lipinski definition) is 1. The molecule has 0 spiro atoms. The van der Waals surface area contributed by atoms with Gasteiger partial charge in [0, 0.05) is 26.3 Å². The Labute approximate surface area is 94.2 Å². The number of nitrogens with two attached hydrogens (primary N) is 1. The number of aromatic nitrogens is 2. The summed E-state index contributed by atoms with van der Waals surface area (Å²) in [6, 6.07) is 1.75. The van der Waals surface area contributed by atoms with Gasteiger partial charge in [-0.15, -0.1) is 0 Å². The van der Waals surface area contributed by atoms with Gasteiger partial charge in [0.2, 0.25) is 0 Å². The molecule has 1 saturated carbocycles. The smallest absolute Gasteiger partial charge is 0.272 e. The molecule has 1 saturated heterocycles. The molecular weight excluding hydrogens is 204 g/mol. The Kier molecular flexibility index (Phi) is 1.89. The van der Waals surface area contributed by atoms with Crippen molar-refractivity contribution in [3.8, 4) is 0 Å². The molecular formula is C11H16N4O. The Morgan fingerprint density at radius 3 is 2.75 bits per heavy atom. The molecule has 86 valence electrons.